The first-order valence-electron chi connectivity index (χ1n) is 4.25. The molecule has 0 atom stereocenters. The van der Waals surface area contributed by atoms with Gasteiger partial charge in [0.15, 0.2) is 0 Å². The number of fused-ring (bicyclic) bond motifs is 1. The molecule has 2 aromatic rings. The van der Waals surface area contributed by atoms with Crippen LogP contribution in [0.2, 0.25) is 0 Å². The lowest BCUT2D eigenvalue weighted by molar-refractivity contribution is 0.381. The van der Waals surface area contributed by atoms with Gasteiger partial charge in [-0.1, -0.05) is 18.2 Å². The van der Waals surface area contributed by atoms with Crippen LogP contribution in [-0.4, -0.2) is 17.5 Å². The lowest BCUT2D eigenvalue weighted by Crippen LogP contribution is -2.05. The molecule has 2 rings (SSSR count). The van der Waals surface area contributed by atoms with E-state index in [1.165, 1.54) is 0 Å². The Morgan fingerprint density at radius 1 is 1.18 bits per heavy atom. The van der Waals surface area contributed by atoms with Crippen LogP contribution in [0.5, 0.6) is 0 Å². The molecule has 0 aliphatic heterocycles. The number of para-hydroxylation sites is 1. The topological polar surface area (TPSA) is 131 Å². The van der Waals surface area contributed by atoms with Gasteiger partial charge in [0.05, 0.1) is 0 Å². The SMILES string of the molecule is Nc1cc2ccccc2oc1=O.O=S(=O)(O)O. The maximum absolute atomic E-state index is 10.9. The highest BCUT2D eigenvalue weighted by Gasteiger charge is 1.98. The van der Waals surface area contributed by atoms with Crippen molar-refractivity contribution in [2.75, 3.05) is 5.73 Å². The second-order valence-corrected chi connectivity index (χ2v) is 3.87. The van der Waals surface area contributed by atoms with Gasteiger partial charge in [-0.15, -0.1) is 0 Å². The van der Waals surface area contributed by atoms with E-state index in [0.717, 1.165) is 5.39 Å². The van der Waals surface area contributed by atoms with Gasteiger partial charge >= 0.3 is 16.0 Å². The second-order valence-electron chi connectivity index (χ2n) is 2.97. The standard InChI is InChI=1S/C9H7NO2.H2O4S/c10-7-5-6-3-1-2-4-8(6)12-9(7)11;1-5(2,3)4/h1-5H,10H2;(H2,1,2,3,4). The Balaban J connectivity index is 0.000000249. The smallest absolute Gasteiger partial charge is 0.394 e. The van der Waals surface area contributed by atoms with Gasteiger partial charge in [0, 0.05) is 5.39 Å². The van der Waals surface area contributed by atoms with Crippen molar-refractivity contribution < 1.29 is 21.9 Å². The van der Waals surface area contributed by atoms with Crippen molar-refractivity contribution in [3.63, 3.8) is 0 Å². The fraction of sp³-hybridized carbons (Fsp3) is 0. The van der Waals surface area contributed by atoms with E-state index < -0.39 is 16.0 Å². The summed E-state index contributed by atoms with van der Waals surface area (Å²) < 4.78 is 36.5. The summed E-state index contributed by atoms with van der Waals surface area (Å²) in [6.07, 6.45) is 0. The second kappa shape index (κ2) is 4.95. The van der Waals surface area contributed by atoms with Crippen LogP contribution in [0.1, 0.15) is 0 Å². The molecule has 0 spiro atoms. The molecule has 0 saturated carbocycles. The molecule has 1 aromatic carbocycles. The summed E-state index contributed by atoms with van der Waals surface area (Å²) in [5.74, 6) is 0. The van der Waals surface area contributed by atoms with E-state index >= 15 is 0 Å². The van der Waals surface area contributed by atoms with Crippen molar-refractivity contribution in [1.82, 2.24) is 0 Å². The Hall–Kier alpha value is -1.90. The molecule has 0 aliphatic carbocycles. The Bertz CT molecular complexity index is 667. The largest absolute Gasteiger partial charge is 0.421 e. The molecule has 1 heterocycles. The minimum Gasteiger partial charge on any atom is -0.421 e. The Morgan fingerprint density at radius 3 is 2.29 bits per heavy atom. The van der Waals surface area contributed by atoms with Crippen molar-refractivity contribution in [3.05, 3.63) is 40.8 Å². The van der Waals surface area contributed by atoms with Gasteiger partial charge in [-0.2, -0.15) is 8.42 Å². The first-order valence-corrected chi connectivity index (χ1v) is 5.65. The van der Waals surface area contributed by atoms with E-state index in [0.29, 0.717) is 5.58 Å². The monoisotopic (exact) mass is 259 g/mol. The number of nitrogen functional groups attached to an aromatic ring is 1. The number of hydrogen-bond donors (Lipinski definition) is 3. The van der Waals surface area contributed by atoms with Gasteiger partial charge in [-0.25, -0.2) is 4.79 Å². The van der Waals surface area contributed by atoms with Crippen LogP contribution in [0.3, 0.4) is 0 Å². The van der Waals surface area contributed by atoms with Crippen molar-refractivity contribution in [2.45, 2.75) is 0 Å². The zero-order valence-corrected chi connectivity index (χ0v) is 9.22. The van der Waals surface area contributed by atoms with Gasteiger partial charge in [0.2, 0.25) is 0 Å². The summed E-state index contributed by atoms with van der Waals surface area (Å²) >= 11 is 0. The van der Waals surface area contributed by atoms with Crippen LogP contribution in [0.4, 0.5) is 5.69 Å². The average Bonchev–Trinajstić information content (AvgIpc) is 2.17. The molecule has 17 heavy (non-hydrogen) atoms. The number of hydrogen-bond acceptors (Lipinski definition) is 5. The fourth-order valence-corrected chi connectivity index (χ4v) is 1.08. The van der Waals surface area contributed by atoms with Gasteiger partial charge in [-0.05, 0) is 12.1 Å². The molecule has 0 bridgehead atoms. The summed E-state index contributed by atoms with van der Waals surface area (Å²) in [6.45, 7) is 0. The third kappa shape index (κ3) is 4.64. The summed E-state index contributed by atoms with van der Waals surface area (Å²) in [7, 11) is -4.67. The molecule has 1 aromatic heterocycles. The van der Waals surface area contributed by atoms with E-state index in [-0.39, 0.29) is 5.69 Å². The summed E-state index contributed by atoms with van der Waals surface area (Å²) in [5.41, 5.74) is 5.61. The van der Waals surface area contributed by atoms with E-state index in [1.54, 1.807) is 12.1 Å². The molecule has 0 unspecified atom stereocenters. The molecule has 0 saturated heterocycles. The number of benzene rings is 1. The van der Waals surface area contributed by atoms with E-state index in [9.17, 15) is 4.79 Å². The average molecular weight is 259 g/mol. The van der Waals surface area contributed by atoms with Crippen LogP contribution >= 0.6 is 0 Å². The highest BCUT2D eigenvalue weighted by Crippen LogP contribution is 2.12. The number of anilines is 1. The predicted molar refractivity (Wildman–Crippen MR) is 61.1 cm³/mol. The predicted octanol–water partition coefficient (Wildman–Crippen LogP) is 0.722. The molecule has 0 fully saturated rings. The zero-order chi connectivity index (χ0) is 13.1. The van der Waals surface area contributed by atoms with Crippen LogP contribution in [0, 0.1) is 0 Å². The molecule has 0 radical (unpaired) electrons. The summed E-state index contributed by atoms with van der Waals surface area (Å²) in [6, 6.07) is 8.86. The minimum atomic E-state index is -4.67. The van der Waals surface area contributed by atoms with Crippen molar-refractivity contribution in [3.8, 4) is 0 Å². The van der Waals surface area contributed by atoms with Crippen LogP contribution in [-0.2, 0) is 10.4 Å². The maximum atomic E-state index is 10.9. The number of rotatable bonds is 0. The van der Waals surface area contributed by atoms with Gasteiger partial charge in [0.1, 0.15) is 11.3 Å². The zero-order valence-electron chi connectivity index (χ0n) is 8.40. The normalized spacial score (nSPS) is 10.7. The molecular formula is C9H9NO6S. The third-order valence-electron chi connectivity index (χ3n) is 1.67. The quantitative estimate of drug-likeness (QED) is 0.469. The van der Waals surface area contributed by atoms with E-state index in [4.69, 9.17) is 27.7 Å². The molecular weight excluding hydrogens is 250 g/mol. The number of nitrogens with two attached hydrogens (primary N) is 1. The van der Waals surface area contributed by atoms with Gasteiger partial charge in [0.25, 0.3) is 0 Å². The van der Waals surface area contributed by atoms with Gasteiger partial charge in [-0.3, -0.25) is 9.11 Å². The van der Waals surface area contributed by atoms with Crippen molar-refractivity contribution in [2.24, 2.45) is 0 Å². The fourth-order valence-electron chi connectivity index (χ4n) is 1.08. The van der Waals surface area contributed by atoms with Crippen LogP contribution in [0.25, 0.3) is 11.0 Å². The van der Waals surface area contributed by atoms with Crippen LogP contribution < -0.4 is 11.4 Å². The van der Waals surface area contributed by atoms with Crippen molar-refractivity contribution >= 4 is 27.1 Å². The highest BCUT2D eigenvalue weighted by molar-refractivity contribution is 7.79. The molecule has 4 N–H and O–H groups in total. The Morgan fingerprint density at radius 2 is 1.71 bits per heavy atom. The highest BCUT2D eigenvalue weighted by atomic mass is 32.3. The van der Waals surface area contributed by atoms with Crippen molar-refractivity contribution in [1.29, 1.82) is 0 Å². The summed E-state index contributed by atoms with van der Waals surface area (Å²) in [5, 5.41) is 0.842. The molecule has 0 amide bonds. The molecule has 7 nitrogen and oxygen atoms in total. The molecule has 92 valence electrons. The van der Waals surface area contributed by atoms with E-state index in [1.807, 2.05) is 18.2 Å². The minimum absolute atomic E-state index is 0.147. The van der Waals surface area contributed by atoms with E-state index in [2.05, 4.69) is 0 Å². The molecule has 0 aliphatic rings. The van der Waals surface area contributed by atoms with Gasteiger partial charge < -0.3 is 10.2 Å². The molecule has 8 heteroatoms. The Labute approximate surface area is 96.1 Å². The summed E-state index contributed by atoms with van der Waals surface area (Å²) in [4.78, 5) is 10.9. The maximum Gasteiger partial charge on any atom is 0.394 e. The third-order valence-corrected chi connectivity index (χ3v) is 1.67. The first-order chi connectivity index (χ1) is 7.77. The first kappa shape index (κ1) is 13.2. The lowest BCUT2D eigenvalue weighted by Gasteiger charge is -1.95. The lowest BCUT2D eigenvalue weighted by atomic mass is 10.2. The van der Waals surface area contributed by atoms with Crippen LogP contribution in [0.15, 0.2) is 39.5 Å². The Kier molecular flexibility index (Phi) is 3.84.